The quantitative estimate of drug-likeness (QED) is 0.320. The Balaban J connectivity index is 0. The van der Waals surface area contributed by atoms with Gasteiger partial charge in [0.05, 0.1) is 0 Å². The third kappa shape index (κ3) is 136. The molecule has 21 radical (unpaired) electrons. The summed E-state index contributed by atoms with van der Waals surface area (Å²) in [6.07, 6.45) is 0. The molecule has 0 saturated carbocycles. The van der Waals surface area contributed by atoms with E-state index in [4.69, 9.17) is 0 Å². The first-order valence-electron chi connectivity index (χ1n) is 0. The SMILES string of the molecule is [Y].[Y].[Y].[Y].[Y].[Y].[Y].[Y].[Y].[Y].[Y].[Y].[Y].[Y].[Y].[Y].[Y].[Y].[Y].[Y].[Y]. The Kier molecular flexibility index (Phi) is 1040. The van der Waals surface area contributed by atoms with Crippen molar-refractivity contribution in [3.05, 3.63) is 0 Å². The molecule has 0 aromatic heterocycles. The Morgan fingerprint density at radius 2 is 0.0476 bits per heavy atom. The summed E-state index contributed by atoms with van der Waals surface area (Å²) in [6, 6.07) is 0. The molecular formula is Y21. The largest absolute Gasteiger partial charge is 0 e. The summed E-state index contributed by atoms with van der Waals surface area (Å²) in [4.78, 5) is 0. The van der Waals surface area contributed by atoms with Crippen LogP contribution in [0.4, 0.5) is 0 Å². The van der Waals surface area contributed by atoms with Gasteiger partial charge in [-0.1, -0.05) is 0 Å². The van der Waals surface area contributed by atoms with E-state index in [0.29, 0.717) is 0 Å². The molecule has 63 valence electrons. The van der Waals surface area contributed by atoms with Crippen molar-refractivity contribution in [2.45, 2.75) is 0 Å². The Hall–Kier alpha value is 23.2. The van der Waals surface area contributed by atoms with E-state index in [1.54, 1.807) is 0 Å². The van der Waals surface area contributed by atoms with Crippen LogP contribution in [-0.2, 0) is 687 Å². The maximum absolute atomic E-state index is 0. The zero-order chi connectivity index (χ0) is 0. The molecule has 0 unspecified atom stereocenters. The molecule has 0 amide bonds. The van der Waals surface area contributed by atoms with Crippen LogP contribution in [0, 0.1) is 0 Å². The maximum Gasteiger partial charge on any atom is 0 e. The van der Waals surface area contributed by atoms with E-state index in [9.17, 15) is 0 Å². The fourth-order valence-electron chi connectivity index (χ4n) is 0. The topological polar surface area (TPSA) is 0 Å². The summed E-state index contributed by atoms with van der Waals surface area (Å²) in [5.74, 6) is 0. The predicted octanol–water partition coefficient (Wildman–Crippen LogP) is -0.0525. The molecule has 0 aromatic rings. The maximum atomic E-state index is 0. The summed E-state index contributed by atoms with van der Waals surface area (Å²) in [5.41, 5.74) is 0. The summed E-state index contributed by atoms with van der Waals surface area (Å²) >= 11 is 0. The first-order chi connectivity index (χ1) is 0. The molecule has 0 N–H and O–H groups in total. The van der Waals surface area contributed by atoms with E-state index in [-0.39, 0.29) is 687 Å². The van der Waals surface area contributed by atoms with Gasteiger partial charge in [-0.2, -0.15) is 0 Å². The van der Waals surface area contributed by atoms with Crippen LogP contribution < -0.4 is 0 Å². The second kappa shape index (κ2) is 143. The molecule has 0 nitrogen and oxygen atoms in total. The molecule has 0 aliphatic rings. The zero-order valence-corrected chi connectivity index (χ0v) is 71.7. The number of hydrogen-bond acceptors (Lipinski definition) is 0. The minimum Gasteiger partial charge on any atom is 0 e. The minimum absolute atomic E-state index is 0. The fourth-order valence-corrected chi connectivity index (χ4v) is 0. The number of rotatable bonds is 0. The van der Waals surface area contributed by atoms with Gasteiger partial charge >= 0.3 is 0 Å². The zero-order valence-electron chi connectivity index (χ0n) is 12.1. The molecule has 0 saturated heterocycles. The summed E-state index contributed by atoms with van der Waals surface area (Å²) in [5, 5.41) is 0. The van der Waals surface area contributed by atoms with Crippen LogP contribution in [0.5, 0.6) is 0 Å². The second-order valence-electron chi connectivity index (χ2n) is 0. The minimum atomic E-state index is 0. The van der Waals surface area contributed by atoms with Crippen molar-refractivity contribution in [2.24, 2.45) is 0 Å². The summed E-state index contributed by atoms with van der Waals surface area (Å²) < 4.78 is 0. The summed E-state index contributed by atoms with van der Waals surface area (Å²) in [6.45, 7) is 0. The second-order valence-corrected chi connectivity index (χ2v) is 0. The van der Waals surface area contributed by atoms with Crippen LogP contribution >= 0.6 is 0 Å². The fraction of sp³-hybridized carbons (Fsp3) is 0. The van der Waals surface area contributed by atoms with Crippen LogP contribution in [0.25, 0.3) is 0 Å². The smallest absolute Gasteiger partial charge is 0 e. The molecule has 0 aliphatic carbocycles. The molecule has 21 heavy (non-hydrogen) atoms. The van der Waals surface area contributed by atoms with Crippen molar-refractivity contribution >= 4 is 0 Å². The number of hydrogen-bond donors (Lipinski definition) is 0. The Morgan fingerprint density at radius 3 is 0.0476 bits per heavy atom. The van der Waals surface area contributed by atoms with Crippen molar-refractivity contribution in [1.82, 2.24) is 0 Å². The summed E-state index contributed by atoms with van der Waals surface area (Å²) in [7, 11) is 0. The first kappa shape index (κ1) is 153. The van der Waals surface area contributed by atoms with Crippen molar-refractivity contribution in [3.63, 3.8) is 0 Å². The van der Waals surface area contributed by atoms with E-state index in [1.165, 1.54) is 0 Å². The third-order valence-electron chi connectivity index (χ3n) is 0. The van der Waals surface area contributed by atoms with E-state index >= 15 is 0 Å². The van der Waals surface area contributed by atoms with E-state index in [0.717, 1.165) is 0 Å². The van der Waals surface area contributed by atoms with Gasteiger partial charge in [-0.05, 0) is 0 Å². The van der Waals surface area contributed by atoms with E-state index in [2.05, 4.69) is 0 Å². The van der Waals surface area contributed by atoms with Crippen LogP contribution in [0.2, 0.25) is 0 Å². The van der Waals surface area contributed by atoms with Gasteiger partial charge in [0.1, 0.15) is 0 Å². The molecule has 0 spiro atoms. The first-order valence-corrected chi connectivity index (χ1v) is 0. The predicted molar refractivity (Wildman–Crippen MR) is 0 cm³/mol. The molecule has 0 bridgehead atoms. The Bertz CT molecular complexity index is 0. The van der Waals surface area contributed by atoms with Gasteiger partial charge in [-0.15, -0.1) is 0 Å². The molecule has 0 heterocycles. The third-order valence-corrected chi connectivity index (χ3v) is 0. The van der Waals surface area contributed by atoms with Gasteiger partial charge < -0.3 is 0 Å². The molecule has 0 aliphatic heterocycles. The Morgan fingerprint density at radius 1 is 0.0476 bits per heavy atom. The normalized spacial score (nSPS) is 0. The van der Waals surface area contributed by atoms with Crippen LogP contribution in [0.3, 0.4) is 0 Å². The van der Waals surface area contributed by atoms with Crippen LogP contribution in [0.1, 0.15) is 0 Å². The monoisotopic (exact) mass is 1870 g/mol. The van der Waals surface area contributed by atoms with Gasteiger partial charge in [-0.25, -0.2) is 0 Å². The van der Waals surface area contributed by atoms with E-state index < -0.39 is 0 Å². The van der Waals surface area contributed by atoms with Crippen molar-refractivity contribution < 1.29 is 687 Å². The van der Waals surface area contributed by atoms with Crippen molar-refractivity contribution in [1.29, 1.82) is 0 Å². The molecule has 21 heteroatoms. The average Bonchev–Trinajstić information content (AvgIpc) is 0. The molecule has 0 fully saturated rings. The van der Waals surface area contributed by atoms with Gasteiger partial charge in [0.15, 0.2) is 0 Å². The molecule has 0 aromatic carbocycles. The van der Waals surface area contributed by atoms with Gasteiger partial charge in [0.25, 0.3) is 0 Å². The van der Waals surface area contributed by atoms with Crippen LogP contribution in [0.15, 0.2) is 0 Å². The van der Waals surface area contributed by atoms with Crippen molar-refractivity contribution in [2.75, 3.05) is 0 Å². The van der Waals surface area contributed by atoms with Crippen molar-refractivity contribution in [3.8, 4) is 0 Å². The standard InChI is InChI=1S/21Y. The molecule has 0 rings (SSSR count). The molecule has 0 atom stereocenters. The van der Waals surface area contributed by atoms with Gasteiger partial charge in [0.2, 0.25) is 0 Å². The Labute approximate surface area is 660 Å². The van der Waals surface area contributed by atoms with Crippen LogP contribution in [-0.4, -0.2) is 0 Å². The molecular weight excluding hydrogens is 1870 g/mol. The van der Waals surface area contributed by atoms with Gasteiger partial charge in [-0.3, -0.25) is 0 Å². The van der Waals surface area contributed by atoms with Gasteiger partial charge in [0, 0.05) is 687 Å². The van der Waals surface area contributed by atoms with E-state index in [1.807, 2.05) is 0 Å². The average molecular weight is 1870 g/mol.